The maximum atomic E-state index is 14.4. The normalized spacial score (nSPS) is 11.8. The second kappa shape index (κ2) is 15.3. The van der Waals surface area contributed by atoms with Gasteiger partial charge in [0.15, 0.2) is 0 Å². The number of rotatable bonds is 14. The van der Waals surface area contributed by atoms with Crippen LogP contribution in [0.4, 0.5) is 11.4 Å². The highest BCUT2D eigenvalue weighted by molar-refractivity contribution is 7.92. The highest BCUT2D eigenvalue weighted by Gasteiger charge is 2.35. The molecule has 1 unspecified atom stereocenters. The Bertz CT molecular complexity index is 1720. The standard InChI is InChI=1S/C33H33ClN4O6S/c1-2-20-35-33(40)31(21-25-10-5-3-6-11-25)36(23-26-16-18-27(34)19-17-26)32(39)24-37(28-12-9-13-29(22-28)38(41)42)45(43,44)30-14-7-4-8-15-30/h3-19,22,31H,2,20-21,23-24H2,1H3,(H,35,40). The first-order chi connectivity index (χ1) is 21.6. The number of nitro benzene ring substituents is 1. The fourth-order valence-electron chi connectivity index (χ4n) is 4.72. The van der Waals surface area contributed by atoms with Crippen molar-refractivity contribution in [3.05, 3.63) is 135 Å². The van der Waals surface area contributed by atoms with Crippen molar-refractivity contribution in [3.63, 3.8) is 0 Å². The van der Waals surface area contributed by atoms with E-state index in [1.165, 1.54) is 35.2 Å². The molecule has 0 saturated heterocycles. The number of hydrogen-bond acceptors (Lipinski definition) is 6. The molecule has 10 nitrogen and oxygen atoms in total. The molecule has 0 aliphatic rings. The molecule has 0 saturated carbocycles. The molecule has 4 rings (SSSR count). The van der Waals surface area contributed by atoms with Gasteiger partial charge in [-0.05, 0) is 47.9 Å². The second-order valence-electron chi connectivity index (χ2n) is 10.2. The van der Waals surface area contributed by atoms with Gasteiger partial charge in [-0.15, -0.1) is 0 Å². The SMILES string of the molecule is CCCNC(=O)C(Cc1ccccc1)N(Cc1ccc(Cl)cc1)C(=O)CN(c1cccc([N+](=O)[O-])c1)S(=O)(=O)c1ccccc1. The van der Waals surface area contributed by atoms with Crippen molar-refractivity contribution in [1.82, 2.24) is 10.2 Å². The summed E-state index contributed by atoms with van der Waals surface area (Å²) in [6.07, 6.45) is 0.836. The number of benzene rings is 4. The number of halogens is 1. The number of amides is 2. The number of nitro groups is 1. The van der Waals surface area contributed by atoms with E-state index >= 15 is 0 Å². The molecule has 0 aromatic heterocycles. The van der Waals surface area contributed by atoms with Gasteiger partial charge < -0.3 is 10.2 Å². The molecule has 12 heteroatoms. The lowest BCUT2D eigenvalue weighted by atomic mass is 10.0. The average molecular weight is 649 g/mol. The molecular formula is C33H33ClN4O6S. The zero-order valence-corrected chi connectivity index (χ0v) is 26.2. The van der Waals surface area contributed by atoms with Gasteiger partial charge in [0.1, 0.15) is 12.6 Å². The summed E-state index contributed by atoms with van der Waals surface area (Å²) in [5.74, 6) is -1.07. The van der Waals surface area contributed by atoms with Crippen molar-refractivity contribution in [2.24, 2.45) is 0 Å². The third-order valence-corrected chi connectivity index (χ3v) is 9.07. The van der Waals surface area contributed by atoms with Crippen LogP contribution < -0.4 is 9.62 Å². The zero-order valence-electron chi connectivity index (χ0n) is 24.6. The molecule has 1 N–H and O–H groups in total. The monoisotopic (exact) mass is 648 g/mol. The van der Waals surface area contributed by atoms with Gasteiger partial charge in [0, 0.05) is 36.7 Å². The fourth-order valence-corrected chi connectivity index (χ4v) is 6.27. The number of carbonyl (C=O) groups excluding carboxylic acids is 2. The van der Waals surface area contributed by atoms with E-state index in [1.54, 1.807) is 42.5 Å². The predicted molar refractivity (Wildman–Crippen MR) is 173 cm³/mol. The lowest BCUT2D eigenvalue weighted by Gasteiger charge is -2.34. The van der Waals surface area contributed by atoms with Gasteiger partial charge >= 0.3 is 0 Å². The van der Waals surface area contributed by atoms with Gasteiger partial charge in [-0.25, -0.2) is 8.42 Å². The van der Waals surface area contributed by atoms with E-state index in [0.29, 0.717) is 23.6 Å². The zero-order chi connectivity index (χ0) is 32.4. The number of nitrogens with one attached hydrogen (secondary N) is 1. The van der Waals surface area contributed by atoms with Crippen molar-refractivity contribution in [3.8, 4) is 0 Å². The predicted octanol–water partition coefficient (Wildman–Crippen LogP) is 5.61. The molecule has 2 amide bonds. The third kappa shape index (κ3) is 8.68. The Morgan fingerprint density at radius 2 is 1.53 bits per heavy atom. The fraction of sp³-hybridized carbons (Fsp3) is 0.212. The first-order valence-corrected chi connectivity index (χ1v) is 16.1. The second-order valence-corrected chi connectivity index (χ2v) is 12.5. The summed E-state index contributed by atoms with van der Waals surface area (Å²) in [5, 5.41) is 15.0. The Morgan fingerprint density at radius 3 is 2.16 bits per heavy atom. The van der Waals surface area contributed by atoms with Crippen LogP contribution in [0.2, 0.25) is 5.02 Å². The van der Waals surface area contributed by atoms with Crippen LogP contribution in [-0.4, -0.2) is 49.2 Å². The van der Waals surface area contributed by atoms with Crippen molar-refractivity contribution in [1.29, 1.82) is 0 Å². The van der Waals surface area contributed by atoms with Crippen molar-refractivity contribution in [2.75, 3.05) is 17.4 Å². The van der Waals surface area contributed by atoms with Crippen LogP contribution in [0.1, 0.15) is 24.5 Å². The van der Waals surface area contributed by atoms with Gasteiger partial charge in [0.25, 0.3) is 15.7 Å². The number of anilines is 1. The number of hydrogen-bond donors (Lipinski definition) is 1. The number of sulfonamides is 1. The first-order valence-electron chi connectivity index (χ1n) is 14.3. The molecule has 0 aliphatic carbocycles. The Kier molecular flexibility index (Phi) is 11.3. The van der Waals surface area contributed by atoms with E-state index in [4.69, 9.17) is 11.6 Å². The Labute approximate surface area is 267 Å². The Morgan fingerprint density at radius 1 is 0.889 bits per heavy atom. The molecular weight excluding hydrogens is 616 g/mol. The topological polar surface area (TPSA) is 130 Å². The molecule has 234 valence electrons. The molecule has 1 atom stereocenters. The molecule has 0 bridgehead atoms. The van der Waals surface area contributed by atoms with E-state index in [0.717, 1.165) is 15.9 Å². The van der Waals surface area contributed by atoms with Crippen LogP contribution in [0, 0.1) is 10.1 Å². The molecule has 4 aromatic carbocycles. The molecule has 0 radical (unpaired) electrons. The molecule has 45 heavy (non-hydrogen) atoms. The van der Waals surface area contributed by atoms with Gasteiger partial charge in [-0.3, -0.25) is 24.0 Å². The summed E-state index contributed by atoms with van der Waals surface area (Å²) in [6, 6.07) is 27.6. The van der Waals surface area contributed by atoms with E-state index < -0.39 is 39.3 Å². The highest BCUT2D eigenvalue weighted by Crippen LogP contribution is 2.28. The lowest BCUT2D eigenvalue weighted by Crippen LogP contribution is -2.53. The van der Waals surface area contributed by atoms with Crippen molar-refractivity contribution < 1.29 is 22.9 Å². The molecule has 0 fully saturated rings. The van der Waals surface area contributed by atoms with Gasteiger partial charge in [-0.2, -0.15) is 0 Å². The van der Waals surface area contributed by atoms with E-state index in [1.807, 2.05) is 37.3 Å². The van der Waals surface area contributed by atoms with Crippen LogP contribution in [-0.2, 0) is 32.6 Å². The number of non-ortho nitro benzene ring substituents is 1. The third-order valence-electron chi connectivity index (χ3n) is 7.03. The number of nitrogens with zero attached hydrogens (tertiary/aromatic N) is 3. The first kappa shape index (κ1) is 33.2. The van der Waals surface area contributed by atoms with Crippen molar-refractivity contribution >= 4 is 44.8 Å². The maximum absolute atomic E-state index is 14.4. The summed E-state index contributed by atoms with van der Waals surface area (Å²) in [6.45, 7) is 1.54. The minimum Gasteiger partial charge on any atom is -0.354 e. The summed E-state index contributed by atoms with van der Waals surface area (Å²) in [5.41, 5.74) is 1.06. The minimum absolute atomic E-state index is 0.0266. The molecule has 4 aromatic rings. The summed E-state index contributed by atoms with van der Waals surface area (Å²) in [7, 11) is -4.38. The van der Waals surface area contributed by atoms with Crippen LogP contribution in [0.25, 0.3) is 0 Å². The summed E-state index contributed by atoms with van der Waals surface area (Å²) >= 11 is 6.10. The Balaban J connectivity index is 1.81. The van der Waals surface area contributed by atoms with Crippen LogP contribution in [0.15, 0.2) is 114 Å². The van der Waals surface area contributed by atoms with E-state index in [9.17, 15) is 28.1 Å². The van der Waals surface area contributed by atoms with Gasteiger partial charge in [-0.1, -0.05) is 85.3 Å². The minimum atomic E-state index is -4.38. The van der Waals surface area contributed by atoms with Crippen LogP contribution >= 0.6 is 11.6 Å². The van der Waals surface area contributed by atoms with Crippen LogP contribution in [0.3, 0.4) is 0 Å². The average Bonchev–Trinajstić information content (AvgIpc) is 3.05. The summed E-state index contributed by atoms with van der Waals surface area (Å²) < 4.78 is 28.8. The van der Waals surface area contributed by atoms with Crippen molar-refractivity contribution in [2.45, 2.75) is 37.2 Å². The molecule has 0 spiro atoms. The maximum Gasteiger partial charge on any atom is 0.271 e. The lowest BCUT2D eigenvalue weighted by molar-refractivity contribution is -0.384. The quantitative estimate of drug-likeness (QED) is 0.140. The highest BCUT2D eigenvalue weighted by atomic mass is 35.5. The number of carbonyl (C=O) groups is 2. The smallest absolute Gasteiger partial charge is 0.271 e. The van der Waals surface area contributed by atoms with Gasteiger partial charge in [0.2, 0.25) is 11.8 Å². The largest absolute Gasteiger partial charge is 0.354 e. The molecule has 0 heterocycles. The summed E-state index contributed by atoms with van der Waals surface area (Å²) in [4.78, 5) is 40.2. The van der Waals surface area contributed by atoms with Crippen LogP contribution in [0.5, 0.6) is 0 Å². The van der Waals surface area contributed by atoms with Gasteiger partial charge in [0.05, 0.1) is 15.5 Å². The Hall–Kier alpha value is -4.74. The molecule has 0 aliphatic heterocycles. The van der Waals surface area contributed by atoms with E-state index in [-0.39, 0.29) is 29.2 Å². The van der Waals surface area contributed by atoms with E-state index in [2.05, 4.69) is 5.32 Å².